The maximum Gasteiger partial charge on any atom is 0.416 e. The van der Waals surface area contributed by atoms with Crippen LogP contribution in [0, 0.1) is 0 Å². The lowest BCUT2D eigenvalue weighted by Crippen LogP contribution is -2.44. The van der Waals surface area contributed by atoms with Crippen LogP contribution in [-0.2, 0) is 6.18 Å². The Kier molecular flexibility index (Phi) is 5.93. The lowest BCUT2D eigenvalue weighted by Gasteiger charge is -2.37. The molecule has 3 aromatic heterocycles. The summed E-state index contributed by atoms with van der Waals surface area (Å²) in [7, 11) is 2.06. The number of pyridine rings is 1. The molecule has 35 heavy (non-hydrogen) atoms. The predicted octanol–water partition coefficient (Wildman–Crippen LogP) is 4.63. The van der Waals surface area contributed by atoms with Gasteiger partial charge in [0.15, 0.2) is 5.13 Å². The fourth-order valence-electron chi connectivity index (χ4n) is 3.94. The Morgan fingerprint density at radius 2 is 1.89 bits per heavy atom. The Balaban J connectivity index is 1.24. The van der Waals surface area contributed by atoms with E-state index in [1.807, 2.05) is 6.92 Å². The second kappa shape index (κ2) is 8.93. The zero-order valence-electron chi connectivity index (χ0n) is 18.9. The summed E-state index contributed by atoms with van der Waals surface area (Å²) < 4.78 is 40.3. The Morgan fingerprint density at radius 1 is 1.14 bits per heavy atom. The number of hydrogen-bond acceptors (Lipinski definition) is 7. The molecule has 4 heterocycles. The number of alkyl halides is 3. The average Bonchev–Trinajstić information content (AvgIpc) is 3.43. The van der Waals surface area contributed by atoms with Crippen molar-refractivity contribution in [3.05, 3.63) is 65.2 Å². The standard InChI is InChI=1S/C23H22F3N7OS/c1-13(20-9-28-22(35-20)31-15-5-3-14(4-6-15)23(24,25)26)30-21(34)17-7-19-18(8-27-17)29-12-33(19)16-10-32(2)11-16/h3-9,12-13,16H,10-11H2,1-2H3,(H,28,31)(H,30,34). The Bertz CT molecular complexity index is 1360. The van der Waals surface area contributed by atoms with E-state index >= 15 is 0 Å². The first kappa shape index (κ1) is 23.2. The van der Waals surface area contributed by atoms with Crippen LogP contribution in [0.4, 0.5) is 24.0 Å². The van der Waals surface area contributed by atoms with Crippen LogP contribution in [0.25, 0.3) is 11.0 Å². The minimum Gasteiger partial charge on any atom is -0.343 e. The van der Waals surface area contributed by atoms with Crippen molar-refractivity contribution in [2.75, 3.05) is 25.5 Å². The van der Waals surface area contributed by atoms with Crippen molar-refractivity contribution in [1.29, 1.82) is 0 Å². The first-order valence-corrected chi connectivity index (χ1v) is 11.7. The van der Waals surface area contributed by atoms with Gasteiger partial charge in [0.25, 0.3) is 5.91 Å². The molecule has 4 aromatic rings. The first-order chi connectivity index (χ1) is 16.7. The molecule has 2 N–H and O–H groups in total. The molecule has 1 fully saturated rings. The van der Waals surface area contributed by atoms with Gasteiger partial charge in [-0.3, -0.25) is 4.79 Å². The monoisotopic (exact) mass is 501 g/mol. The Labute approximate surface area is 202 Å². The third-order valence-corrected chi connectivity index (χ3v) is 6.99. The van der Waals surface area contributed by atoms with Crippen LogP contribution in [0.15, 0.2) is 49.1 Å². The molecule has 1 atom stereocenters. The van der Waals surface area contributed by atoms with Crippen LogP contribution in [0.5, 0.6) is 0 Å². The lowest BCUT2D eigenvalue weighted by molar-refractivity contribution is -0.137. The van der Waals surface area contributed by atoms with Crippen LogP contribution in [0.1, 0.15) is 39.9 Å². The van der Waals surface area contributed by atoms with Crippen LogP contribution in [0.3, 0.4) is 0 Å². The highest BCUT2D eigenvalue weighted by Gasteiger charge is 2.30. The third-order valence-electron chi connectivity index (χ3n) is 5.89. The number of halogens is 3. The quantitative estimate of drug-likeness (QED) is 0.401. The third kappa shape index (κ3) is 4.84. The number of carbonyl (C=O) groups is 1. The molecule has 12 heteroatoms. The van der Waals surface area contributed by atoms with E-state index in [2.05, 4.69) is 42.1 Å². The van der Waals surface area contributed by atoms with Crippen LogP contribution in [0.2, 0.25) is 0 Å². The normalized spacial score (nSPS) is 15.7. The molecular formula is C23H22F3N7OS. The van der Waals surface area contributed by atoms with E-state index in [9.17, 15) is 18.0 Å². The van der Waals surface area contributed by atoms with Crippen molar-refractivity contribution in [3.63, 3.8) is 0 Å². The molecule has 0 spiro atoms. The van der Waals surface area contributed by atoms with E-state index in [4.69, 9.17) is 0 Å². The number of carbonyl (C=O) groups excluding carboxylic acids is 1. The van der Waals surface area contributed by atoms with Gasteiger partial charge in [0.2, 0.25) is 0 Å². The number of likely N-dealkylation sites (N-methyl/N-ethyl adjacent to an activating group) is 1. The number of fused-ring (bicyclic) bond motifs is 1. The highest BCUT2D eigenvalue weighted by Crippen LogP contribution is 2.32. The van der Waals surface area contributed by atoms with Gasteiger partial charge in [-0.15, -0.1) is 0 Å². The summed E-state index contributed by atoms with van der Waals surface area (Å²) in [6.07, 6.45) is 0.637. The Hall–Kier alpha value is -3.51. The van der Waals surface area contributed by atoms with E-state index in [0.29, 0.717) is 22.6 Å². The summed E-state index contributed by atoms with van der Waals surface area (Å²) in [6, 6.07) is 6.47. The number of hydrogen-bond donors (Lipinski definition) is 2. The average molecular weight is 502 g/mol. The van der Waals surface area contributed by atoms with Gasteiger partial charge >= 0.3 is 6.18 Å². The van der Waals surface area contributed by atoms with Gasteiger partial charge in [-0.25, -0.2) is 15.0 Å². The predicted molar refractivity (Wildman–Crippen MR) is 127 cm³/mol. The number of nitrogens with one attached hydrogen (secondary N) is 2. The summed E-state index contributed by atoms with van der Waals surface area (Å²) in [5.74, 6) is -0.316. The summed E-state index contributed by atoms with van der Waals surface area (Å²) in [4.78, 5) is 28.8. The van der Waals surface area contributed by atoms with Crippen molar-refractivity contribution < 1.29 is 18.0 Å². The molecule has 8 nitrogen and oxygen atoms in total. The van der Waals surface area contributed by atoms with Gasteiger partial charge < -0.3 is 20.1 Å². The number of imidazole rings is 1. The Morgan fingerprint density at radius 3 is 2.57 bits per heavy atom. The molecule has 182 valence electrons. The molecule has 1 aromatic carbocycles. The van der Waals surface area contributed by atoms with Gasteiger partial charge in [0.1, 0.15) is 11.2 Å². The van der Waals surface area contributed by atoms with Gasteiger partial charge in [-0.1, -0.05) is 11.3 Å². The fourth-order valence-corrected chi connectivity index (χ4v) is 4.78. The van der Waals surface area contributed by atoms with Gasteiger partial charge in [-0.2, -0.15) is 13.2 Å². The number of nitrogens with zero attached hydrogens (tertiary/aromatic N) is 5. The number of likely N-dealkylation sites (tertiary alicyclic amines) is 1. The summed E-state index contributed by atoms with van der Waals surface area (Å²) >= 11 is 1.31. The molecule has 1 unspecified atom stereocenters. The topological polar surface area (TPSA) is 88.0 Å². The molecule has 1 aliphatic heterocycles. The fraction of sp³-hybridized carbons (Fsp3) is 0.304. The minimum atomic E-state index is -4.38. The van der Waals surface area contributed by atoms with E-state index < -0.39 is 11.7 Å². The maximum absolute atomic E-state index is 12.9. The van der Waals surface area contributed by atoms with Crippen molar-refractivity contribution in [1.82, 2.24) is 29.7 Å². The van der Waals surface area contributed by atoms with E-state index in [-0.39, 0.29) is 11.9 Å². The van der Waals surface area contributed by atoms with Crippen molar-refractivity contribution >= 4 is 39.1 Å². The smallest absolute Gasteiger partial charge is 0.343 e. The molecule has 5 rings (SSSR count). The highest BCUT2D eigenvalue weighted by molar-refractivity contribution is 7.15. The molecule has 0 bridgehead atoms. The molecule has 0 saturated carbocycles. The minimum absolute atomic E-state index is 0.298. The summed E-state index contributed by atoms with van der Waals surface area (Å²) in [6.45, 7) is 3.70. The zero-order chi connectivity index (χ0) is 24.7. The number of benzene rings is 1. The molecule has 0 aliphatic carbocycles. The van der Waals surface area contributed by atoms with Crippen LogP contribution in [-0.4, -0.2) is 50.5 Å². The van der Waals surface area contributed by atoms with Crippen molar-refractivity contribution in [2.24, 2.45) is 0 Å². The van der Waals surface area contributed by atoms with Crippen molar-refractivity contribution in [3.8, 4) is 0 Å². The first-order valence-electron chi connectivity index (χ1n) is 10.9. The molecule has 0 radical (unpaired) electrons. The summed E-state index contributed by atoms with van der Waals surface area (Å²) in [5.41, 5.74) is 1.69. The van der Waals surface area contributed by atoms with Gasteiger partial charge in [-0.05, 0) is 44.3 Å². The largest absolute Gasteiger partial charge is 0.416 e. The number of amides is 1. The van der Waals surface area contributed by atoms with Gasteiger partial charge in [0.05, 0.1) is 35.7 Å². The number of aromatic nitrogens is 4. The highest BCUT2D eigenvalue weighted by atomic mass is 32.1. The lowest BCUT2D eigenvalue weighted by atomic mass is 10.1. The molecule has 1 aliphatic rings. The van der Waals surface area contributed by atoms with Crippen LogP contribution < -0.4 is 10.6 Å². The number of thiazole rings is 1. The SMILES string of the molecule is CC(NC(=O)c1cc2c(cn1)ncn2C1CN(C)C1)c1cnc(Nc2ccc(C(F)(F)F)cc2)s1. The number of anilines is 2. The van der Waals surface area contributed by atoms with Crippen molar-refractivity contribution in [2.45, 2.75) is 25.2 Å². The molecular weight excluding hydrogens is 479 g/mol. The molecule has 1 saturated heterocycles. The van der Waals surface area contributed by atoms with Crippen LogP contribution >= 0.6 is 11.3 Å². The summed E-state index contributed by atoms with van der Waals surface area (Å²) in [5, 5.41) is 6.43. The number of rotatable bonds is 6. The van der Waals surface area contributed by atoms with E-state index in [1.54, 1.807) is 24.8 Å². The van der Waals surface area contributed by atoms with E-state index in [0.717, 1.165) is 41.1 Å². The molecule has 1 amide bonds. The second-order valence-corrected chi connectivity index (χ2v) is 9.61. The maximum atomic E-state index is 12.9. The zero-order valence-corrected chi connectivity index (χ0v) is 19.7. The van der Waals surface area contributed by atoms with Gasteiger partial charge in [0, 0.05) is 29.9 Å². The second-order valence-electron chi connectivity index (χ2n) is 8.55. The van der Waals surface area contributed by atoms with E-state index in [1.165, 1.54) is 23.5 Å².